The van der Waals surface area contributed by atoms with Crippen molar-refractivity contribution < 1.29 is 9.53 Å². The topological polar surface area (TPSA) is 78.1 Å². The van der Waals surface area contributed by atoms with Crippen LogP contribution in [0.1, 0.15) is 37.0 Å². The Morgan fingerprint density at radius 3 is 2.83 bits per heavy atom. The van der Waals surface area contributed by atoms with Gasteiger partial charge in [0.05, 0.1) is 23.9 Å². The molecular formula is C15H22N6O2. The quantitative estimate of drug-likeness (QED) is 0.824. The van der Waals surface area contributed by atoms with Crippen molar-refractivity contribution in [3.05, 3.63) is 23.7 Å². The van der Waals surface area contributed by atoms with Gasteiger partial charge >= 0.3 is 0 Å². The maximum Gasteiger partial charge on any atom is 0.276 e. The summed E-state index contributed by atoms with van der Waals surface area (Å²) >= 11 is 0. The van der Waals surface area contributed by atoms with Crippen molar-refractivity contribution in [2.24, 2.45) is 7.05 Å². The maximum absolute atomic E-state index is 13.0. The number of aryl methyl sites for hydroxylation is 1. The Morgan fingerprint density at radius 1 is 1.43 bits per heavy atom. The molecule has 2 aromatic rings. The molecule has 0 N–H and O–H groups in total. The van der Waals surface area contributed by atoms with E-state index in [9.17, 15) is 4.79 Å². The fraction of sp³-hybridized carbons (Fsp3) is 0.600. The van der Waals surface area contributed by atoms with E-state index < -0.39 is 0 Å². The van der Waals surface area contributed by atoms with Crippen LogP contribution in [-0.2, 0) is 11.8 Å². The Hall–Kier alpha value is -2.22. The second-order valence-electron chi connectivity index (χ2n) is 6.63. The molecule has 1 amide bonds. The van der Waals surface area contributed by atoms with Crippen LogP contribution < -0.4 is 0 Å². The van der Waals surface area contributed by atoms with Crippen molar-refractivity contribution in [1.29, 1.82) is 0 Å². The molecule has 1 atom stereocenters. The lowest BCUT2D eigenvalue weighted by Gasteiger charge is -2.44. The first-order chi connectivity index (χ1) is 10.8. The van der Waals surface area contributed by atoms with Gasteiger partial charge in [-0.15, -0.1) is 5.10 Å². The van der Waals surface area contributed by atoms with E-state index in [4.69, 9.17) is 4.74 Å². The molecule has 0 spiro atoms. The molecule has 3 heterocycles. The molecule has 2 aromatic heterocycles. The largest absolute Gasteiger partial charge is 0.374 e. The van der Waals surface area contributed by atoms with Crippen LogP contribution in [0.4, 0.5) is 0 Å². The summed E-state index contributed by atoms with van der Waals surface area (Å²) in [7, 11) is 1.83. The Labute approximate surface area is 135 Å². The zero-order valence-corrected chi connectivity index (χ0v) is 14.1. The lowest BCUT2D eigenvalue weighted by molar-refractivity contribution is -0.0757. The molecule has 0 aromatic carbocycles. The fourth-order valence-electron chi connectivity index (χ4n) is 2.73. The summed E-state index contributed by atoms with van der Waals surface area (Å²) in [6, 6.07) is 1.83. The molecule has 1 unspecified atom stereocenters. The molecule has 1 saturated heterocycles. The summed E-state index contributed by atoms with van der Waals surface area (Å²) in [6.07, 6.45) is 1.84. The summed E-state index contributed by atoms with van der Waals surface area (Å²) in [4.78, 5) is 14.8. The number of amides is 1. The first-order valence-corrected chi connectivity index (χ1v) is 7.65. The molecule has 0 saturated carbocycles. The van der Waals surface area contributed by atoms with Crippen LogP contribution in [0.15, 0.2) is 12.3 Å². The van der Waals surface area contributed by atoms with Crippen molar-refractivity contribution in [1.82, 2.24) is 29.7 Å². The van der Waals surface area contributed by atoms with Crippen LogP contribution in [0.3, 0.4) is 0 Å². The zero-order valence-electron chi connectivity index (χ0n) is 14.1. The number of morpholine rings is 1. The molecule has 1 fully saturated rings. The molecule has 1 aliphatic rings. The molecular weight excluding hydrogens is 296 g/mol. The minimum atomic E-state index is -0.370. The highest BCUT2D eigenvalue weighted by atomic mass is 16.5. The number of hydrogen-bond acceptors (Lipinski definition) is 5. The summed E-state index contributed by atoms with van der Waals surface area (Å²) in [6.45, 7) is 8.84. The third-order valence-corrected chi connectivity index (χ3v) is 4.15. The normalized spacial score (nSPS) is 20.7. The Morgan fingerprint density at radius 2 is 2.17 bits per heavy atom. The second kappa shape index (κ2) is 5.45. The molecule has 8 heteroatoms. The summed E-state index contributed by atoms with van der Waals surface area (Å²) in [5.41, 5.74) is 0.673. The van der Waals surface area contributed by atoms with Gasteiger partial charge in [0.15, 0.2) is 11.5 Å². The molecule has 0 bridgehead atoms. The summed E-state index contributed by atoms with van der Waals surface area (Å²) in [5, 5.41) is 12.5. The van der Waals surface area contributed by atoms with Crippen molar-refractivity contribution in [2.75, 3.05) is 13.2 Å². The van der Waals surface area contributed by atoms with Gasteiger partial charge in [-0.2, -0.15) is 9.78 Å². The summed E-state index contributed by atoms with van der Waals surface area (Å²) < 4.78 is 8.94. The van der Waals surface area contributed by atoms with E-state index in [1.807, 2.05) is 51.9 Å². The van der Waals surface area contributed by atoms with Crippen LogP contribution in [-0.4, -0.2) is 60.4 Å². The predicted octanol–water partition coefficient (Wildman–Crippen LogP) is 0.949. The number of nitrogens with zero attached hydrogens (tertiary/aromatic N) is 6. The van der Waals surface area contributed by atoms with Gasteiger partial charge in [0.25, 0.3) is 5.91 Å². The Balaban J connectivity index is 1.93. The highest BCUT2D eigenvalue weighted by Crippen LogP contribution is 2.24. The third kappa shape index (κ3) is 2.74. The van der Waals surface area contributed by atoms with Gasteiger partial charge in [0.1, 0.15) is 0 Å². The van der Waals surface area contributed by atoms with Gasteiger partial charge in [0.2, 0.25) is 0 Å². The number of rotatable bonds is 2. The third-order valence-electron chi connectivity index (χ3n) is 4.15. The highest BCUT2D eigenvalue weighted by molar-refractivity contribution is 5.94. The standard InChI is InChI=1S/C15H22N6O2/c1-10-8-20(15(3,4)9-23-10)14(22)13-11(2)21(18-16-13)12-6-7-19(5)17-12/h6-7,10H,8-9H2,1-5H3. The van der Waals surface area contributed by atoms with Gasteiger partial charge in [-0.25, -0.2) is 0 Å². The van der Waals surface area contributed by atoms with E-state index in [0.717, 1.165) is 0 Å². The van der Waals surface area contributed by atoms with E-state index in [0.29, 0.717) is 30.4 Å². The molecule has 8 nitrogen and oxygen atoms in total. The van der Waals surface area contributed by atoms with Crippen LogP contribution in [0.2, 0.25) is 0 Å². The Bertz CT molecular complexity index is 732. The van der Waals surface area contributed by atoms with Crippen molar-refractivity contribution in [3.8, 4) is 5.82 Å². The first-order valence-electron chi connectivity index (χ1n) is 7.65. The van der Waals surface area contributed by atoms with E-state index in [-0.39, 0.29) is 17.6 Å². The van der Waals surface area contributed by atoms with Gasteiger partial charge in [-0.05, 0) is 27.7 Å². The highest BCUT2D eigenvalue weighted by Gasteiger charge is 2.38. The lowest BCUT2D eigenvalue weighted by Crippen LogP contribution is -2.58. The van der Waals surface area contributed by atoms with Gasteiger partial charge in [0, 0.05) is 25.9 Å². The van der Waals surface area contributed by atoms with Crippen LogP contribution in [0.25, 0.3) is 5.82 Å². The predicted molar refractivity (Wildman–Crippen MR) is 83.4 cm³/mol. The number of hydrogen-bond donors (Lipinski definition) is 0. The monoisotopic (exact) mass is 318 g/mol. The number of carbonyl (C=O) groups excluding carboxylic acids is 1. The SMILES string of the molecule is Cc1c(C(=O)N2CC(C)OCC2(C)C)nnn1-c1ccn(C)n1. The van der Waals surface area contributed by atoms with Crippen molar-refractivity contribution >= 4 is 5.91 Å². The van der Waals surface area contributed by atoms with E-state index in [1.165, 1.54) is 0 Å². The van der Waals surface area contributed by atoms with Gasteiger partial charge in [-0.3, -0.25) is 9.48 Å². The van der Waals surface area contributed by atoms with Crippen molar-refractivity contribution in [2.45, 2.75) is 39.3 Å². The molecule has 1 aliphatic heterocycles. The molecule has 23 heavy (non-hydrogen) atoms. The minimum absolute atomic E-state index is 0.0121. The van der Waals surface area contributed by atoms with Crippen molar-refractivity contribution in [3.63, 3.8) is 0 Å². The number of ether oxygens (including phenoxy) is 1. The average molecular weight is 318 g/mol. The van der Waals surface area contributed by atoms with Gasteiger partial charge < -0.3 is 9.64 Å². The Kier molecular flexibility index (Phi) is 3.71. The van der Waals surface area contributed by atoms with Crippen LogP contribution in [0, 0.1) is 6.92 Å². The van der Waals surface area contributed by atoms with E-state index in [2.05, 4.69) is 15.4 Å². The summed E-state index contributed by atoms with van der Waals surface area (Å²) in [5.74, 6) is 0.524. The fourth-order valence-corrected chi connectivity index (χ4v) is 2.73. The minimum Gasteiger partial charge on any atom is -0.374 e. The zero-order chi connectivity index (χ0) is 16.8. The molecule has 124 valence electrons. The van der Waals surface area contributed by atoms with Gasteiger partial charge in [-0.1, -0.05) is 5.21 Å². The molecule has 3 rings (SSSR count). The number of carbonyl (C=O) groups is 1. The maximum atomic E-state index is 13.0. The molecule has 0 aliphatic carbocycles. The molecule has 0 radical (unpaired) electrons. The first kappa shape index (κ1) is 15.7. The van der Waals surface area contributed by atoms with E-state index in [1.54, 1.807) is 9.36 Å². The lowest BCUT2D eigenvalue weighted by atomic mass is 10.00. The number of aromatic nitrogens is 5. The van der Waals surface area contributed by atoms with E-state index >= 15 is 0 Å². The van der Waals surface area contributed by atoms with Crippen LogP contribution >= 0.6 is 0 Å². The second-order valence-corrected chi connectivity index (χ2v) is 6.63. The average Bonchev–Trinajstić information content (AvgIpc) is 3.07. The van der Waals surface area contributed by atoms with Crippen LogP contribution in [0.5, 0.6) is 0 Å². The smallest absolute Gasteiger partial charge is 0.276 e.